The maximum Gasteiger partial charge on any atom is 0.416 e. The van der Waals surface area contributed by atoms with Crippen LogP contribution < -0.4 is 0 Å². The van der Waals surface area contributed by atoms with E-state index in [2.05, 4.69) is 0 Å². The molecular formula is C16H15F3O. The Balaban J connectivity index is 2.11. The summed E-state index contributed by atoms with van der Waals surface area (Å²) >= 11 is 0. The van der Waals surface area contributed by atoms with Gasteiger partial charge in [-0.15, -0.1) is 0 Å². The van der Waals surface area contributed by atoms with Gasteiger partial charge in [0.1, 0.15) is 0 Å². The summed E-state index contributed by atoms with van der Waals surface area (Å²) in [5.74, 6) is 0. The molecule has 0 radical (unpaired) electrons. The quantitative estimate of drug-likeness (QED) is 0.889. The minimum atomic E-state index is -4.35. The zero-order valence-corrected chi connectivity index (χ0v) is 11.0. The van der Waals surface area contributed by atoms with Gasteiger partial charge in [-0.1, -0.05) is 42.0 Å². The van der Waals surface area contributed by atoms with Gasteiger partial charge in [0.15, 0.2) is 0 Å². The van der Waals surface area contributed by atoms with Crippen LogP contribution >= 0.6 is 0 Å². The number of aliphatic hydroxyl groups excluding tert-OH is 1. The highest BCUT2D eigenvalue weighted by Gasteiger charge is 2.30. The Bertz CT molecular complexity index is 573. The van der Waals surface area contributed by atoms with Gasteiger partial charge in [0.2, 0.25) is 0 Å². The van der Waals surface area contributed by atoms with Crippen molar-refractivity contribution >= 4 is 0 Å². The lowest BCUT2D eigenvalue weighted by atomic mass is 9.99. The molecule has 0 aliphatic heterocycles. The number of aryl methyl sites for hydroxylation is 1. The Kier molecular flexibility index (Phi) is 4.14. The summed E-state index contributed by atoms with van der Waals surface area (Å²) in [5, 5.41) is 10.1. The molecule has 0 spiro atoms. The van der Waals surface area contributed by atoms with Crippen LogP contribution in [0.4, 0.5) is 13.2 Å². The lowest BCUT2D eigenvalue weighted by Gasteiger charge is -2.13. The minimum absolute atomic E-state index is 0.382. The van der Waals surface area contributed by atoms with Gasteiger partial charge in [0, 0.05) is 6.42 Å². The first-order valence-corrected chi connectivity index (χ1v) is 6.27. The predicted molar refractivity (Wildman–Crippen MR) is 71.3 cm³/mol. The van der Waals surface area contributed by atoms with Crippen molar-refractivity contribution in [3.63, 3.8) is 0 Å². The van der Waals surface area contributed by atoms with Crippen molar-refractivity contribution in [3.05, 3.63) is 70.8 Å². The third kappa shape index (κ3) is 3.61. The van der Waals surface area contributed by atoms with Crippen LogP contribution in [0.15, 0.2) is 48.5 Å². The predicted octanol–water partition coefficient (Wildman–Crippen LogP) is 4.29. The second kappa shape index (κ2) is 5.67. The first kappa shape index (κ1) is 14.6. The van der Waals surface area contributed by atoms with Crippen molar-refractivity contribution in [1.82, 2.24) is 0 Å². The van der Waals surface area contributed by atoms with E-state index in [-0.39, 0.29) is 0 Å². The van der Waals surface area contributed by atoms with Crippen molar-refractivity contribution in [2.75, 3.05) is 0 Å². The highest BCUT2D eigenvalue weighted by molar-refractivity contribution is 5.28. The lowest BCUT2D eigenvalue weighted by Crippen LogP contribution is -2.06. The SMILES string of the molecule is Cc1cccc(CC(O)c2ccc(C(F)(F)F)cc2)c1. The van der Waals surface area contributed by atoms with Crippen molar-refractivity contribution in [3.8, 4) is 0 Å². The van der Waals surface area contributed by atoms with Crippen molar-refractivity contribution < 1.29 is 18.3 Å². The molecule has 0 aliphatic rings. The molecule has 0 saturated heterocycles. The number of benzene rings is 2. The summed E-state index contributed by atoms with van der Waals surface area (Å²) in [4.78, 5) is 0. The zero-order chi connectivity index (χ0) is 14.8. The van der Waals surface area contributed by atoms with Gasteiger partial charge in [0.05, 0.1) is 11.7 Å². The number of rotatable bonds is 3. The van der Waals surface area contributed by atoms with E-state index in [9.17, 15) is 18.3 Å². The topological polar surface area (TPSA) is 20.2 Å². The highest BCUT2D eigenvalue weighted by atomic mass is 19.4. The van der Waals surface area contributed by atoms with Crippen LogP contribution in [0.25, 0.3) is 0 Å². The second-order valence-corrected chi connectivity index (χ2v) is 4.83. The Labute approximate surface area is 115 Å². The highest BCUT2D eigenvalue weighted by Crippen LogP contribution is 2.30. The Morgan fingerprint density at radius 1 is 1.05 bits per heavy atom. The van der Waals surface area contributed by atoms with Crippen LogP contribution in [0.2, 0.25) is 0 Å². The average molecular weight is 280 g/mol. The molecule has 0 saturated carbocycles. The summed E-state index contributed by atoms with van der Waals surface area (Å²) in [5.41, 5.74) is 1.82. The van der Waals surface area contributed by atoms with Crippen LogP contribution in [-0.4, -0.2) is 5.11 Å². The Morgan fingerprint density at radius 2 is 1.70 bits per heavy atom. The van der Waals surface area contributed by atoms with Crippen LogP contribution in [0.1, 0.15) is 28.4 Å². The molecule has 0 aliphatic carbocycles. The first-order chi connectivity index (χ1) is 9.36. The molecule has 2 aromatic rings. The smallest absolute Gasteiger partial charge is 0.388 e. The molecule has 0 amide bonds. The van der Waals surface area contributed by atoms with Crippen molar-refractivity contribution in [1.29, 1.82) is 0 Å². The van der Waals surface area contributed by atoms with Crippen LogP contribution in [0, 0.1) is 6.92 Å². The van der Waals surface area contributed by atoms with Crippen LogP contribution in [0.5, 0.6) is 0 Å². The Morgan fingerprint density at radius 3 is 2.25 bits per heavy atom. The molecule has 106 valence electrons. The molecule has 2 rings (SSSR count). The van der Waals surface area contributed by atoms with Crippen molar-refractivity contribution in [2.45, 2.75) is 25.6 Å². The summed E-state index contributed by atoms with van der Waals surface area (Å²) < 4.78 is 37.3. The molecule has 20 heavy (non-hydrogen) atoms. The summed E-state index contributed by atoms with van der Waals surface area (Å²) in [6.45, 7) is 1.95. The molecule has 4 heteroatoms. The van der Waals surface area contributed by atoms with Crippen molar-refractivity contribution in [2.24, 2.45) is 0 Å². The fourth-order valence-corrected chi connectivity index (χ4v) is 2.07. The minimum Gasteiger partial charge on any atom is -0.388 e. The van der Waals surface area contributed by atoms with E-state index in [1.807, 2.05) is 31.2 Å². The van der Waals surface area contributed by atoms with E-state index in [0.717, 1.165) is 23.3 Å². The van der Waals surface area contributed by atoms with Gasteiger partial charge in [-0.05, 0) is 30.2 Å². The van der Waals surface area contributed by atoms with E-state index >= 15 is 0 Å². The molecule has 0 aromatic heterocycles. The molecule has 0 bridgehead atoms. The monoisotopic (exact) mass is 280 g/mol. The molecule has 0 heterocycles. The van der Waals surface area contributed by atoms with Crippen LogP contribution in [-0.2, 0) is 12.6 Å². The third-order valence-corrected chi connectivity index (χ3v) is 3.13. The molecule has 2 aromatic carbocycles. The van der Waals surface area contributed by atoms with E-state index < -0.39 is 17.8 Å². The molecule has 1 nitrogen and oxygen atoms in total. The maximum absolute atomic E-state index is 12.4. The van der Waals surface area contributed by atoms with E-state index in [1.54, 1.807) is 0 Å². The fourth-order valence-electron chi connectivity index (χ4n) is 2.07. The van der Waals surface area contributed by atoms with Gasteiger partial charge in [-0.2, -0.15) is 13.2 Å². The number of hydrogen-bond acceptors (Lipinski definition) is 1. The average Bonchev–Trinajstić information content (AvgIpc) is 2.38. The van der Waals surface area contributed by atoms with Gasteiger partial charge >= 0.3 is 6.18 Å². The van der Waals surface area contributed by atoms with E-state index in [4.69, 9.17) is 0 Å². The summed E-state index contributed by atoms with van der Waals surface area (Å²) in [6, 6.07) is 12.3. The standard InChI is InChI=1S/C16H15F3O/c1-11-3-2-4-12(9-11)10-15(20)13-5-7-14(8-6-13)16(17,18)19/h2-9,15,20H,10H2,1H3. The first-order valence-electron chi connectivity index (χ1n) is 6.27. The molecule has 1 atom stereocenters. The fraction of sp³-hybridized carbons (Fsp3) is 0.250. The normalized spacial score (nSPS) is 13.2. The molecule has 0 fully saturated rings. The number of halogens is 3. The summed E-state index contributed by atoms with van der Waals surface area (Å²) in [6.07, 6.45) is -4.77. The van der Waals surface area contributed by atoms with Gasteiger partial charge < -0.3 is 5.11 Å². The van der Waals surface area contributed by atoms with E-state index in [1.165, 1.54) is 12.1 Å². The zero-order valence-electron chi connectivity index (χ0n) is 11.0. The third-order valence-electron chi connectivity index (χ3n) is 3.13. The molecule has 1 N–H and O–H groups in total. The van der Waals surface area contributed by atoms with Gasteiger partial charge in [-0.3, -0.25) is 0 Å². The molecule has 1 unspecified atom stereocenters. The second-order valence-electron chi connectivity index (χ2n) is 4.83. The van der Waals surface area contributed by atoms with Gasteiger partial charge in [0.25, 0.3) is 0 Å². The number of aliphatic hydroxyl groups is 1. The lowest BCUT2D eigenvalue weighted by molar-refractivity contribution is -0.137. The Hall–Kier alpha value is -1.81. The van der Waals surface area contributed by atoms with Gasteiger partial charge in [-0.25, -0.2) is 0 Å². The largest absolute Gasteiger partial charge is 0.416 e. The number of hydrogen-bond donors (Lipinski definition) is 1. The van der Waals surface area contributed by atoms with E-state index in [0.29, 0.717) is 12.0 Å². The van der Waals surface area contributed by atoms with Crippen LogP contribution in [0.3, 0.4) is 0 Å². The number of alkyl halides is 3. The maximum atomic E-state index is 12.4. The molecular weight excluding hydrogens is 265 g/mol. The summed E-state index contributed by atoms with van der Waals surface area (Å²) in [7, 11) is 0.